The van der Waals surface area contributed by atoms with Crippen LogP contribution in [0.2, 0.25) is 5.28 Å². The Morgan fingerprint density at radius 3 is 2.29 bits per heavy atom. The summed E-state index contributed by atoms with van der Waals surface area (Å²) >= 11 is 5.74. The van der Waals surface area contributed by atoms with Gasteiger partial charge in [0.1, 0.15) is 5.75 Å². The topological polar surface area (TPSA) is 91.3 Å². The zero-order valence-electron chi connectivity index (χ0n) is 11.3. The molecule has 0 radical (unpaired) electrons. The molecule has 0 fully saturated rings. The Bertz CT molecular complexity index is 735. The van der Waals surface area contributed by atoms with Gasteiger partial charge >= 0.3 is 12.0 Å². The molecule has 0 aliphatic carbocycles. The molecular weight excluding hydrogens is 318 g/mol. The van der Waals surface area contributed by atoms with Crippen LogP contribution in [0, 0.1) is 0 Å². The zero-order chi connectivity index (χ0) is 15.5. The standard InChI is InChI=1S/C12H12ClN3O4S/c1-3-19-11-14-10(13)15-12(16-11)20-8-4-6-9(7-5-8)21(2,17)18/h4-7H,3H2,1-2H3. The van der Waals surface area contributed by atoms with Crippen molar-refractivity contribution >= 4 is 21.4 Å². The minimum absolute atomic E-state index is 0.0365. The predicted octanol–water partition coefficient (Wildman–Crippen LogP) is 2.12. The quantitative estimate of drug-likeness (QED) is 0.829. The molecule has 9 heteroatoms. The van der Waals surface area contributed by atoms with E-state index in [9.17, 15) is 8.42 Å². The maximum Gasteiger partial charge on any atom is 0.329 e. The summed E-state index contributed by atoms with van der Waals surface area (Å²) in [6.07, 6.45) is 1.13. The second-order valence-electron chi connectivity index (χ2n) is 3.95. The van der Waals surface area contributed by atoms with Crippen molar-refractivity contribution in [2.45, 2.75) is 11.8 Å². The van der Waals surface area contributed by atoms with Gasteiger partial charge in [-0.1, -0.05) is 0 Å². The number of halogens is 1. The lowest BCUT2D eigenvalue weighted by atomic mass is 10.3. The summed E-state index contributed by atoms with van der Waals surface area (Å²) in [5.41, 5.74) is 0. The largest absolute Gasteiger partial charge is 0.464 e. The highest BCUT2D eigenvalue weighted by Gasteiger charge is 2.10. The Morgan fingerprint density at radius 2 is 1.71 bits per heavy atom. The highest BCUT2D eigenvalue weighted by molar-refractivity contribution is 7.90. The fourth-order valence-electron chi connectivity index (χ4n) is 1.41. The monoisotopic (exact) mass is 329 g/mol. The minimum Gasteiger partial charge on any atom is -0.464 e. The van der Waals surface area contributed by atoms with Crippen molar-refractivity contribution in [3.8, 4) is 17.8 Å². The number of aromatic nitrogens is 3. The van der Waals surface area contributed by atoms with Gasteiger partial charge < -0.3 is 9.47 Å². The van der Waals surface area contributed by atoms with Gasteiger partial charge in [0.15, 0.2) is 9.84 Å². The molecule has 0 N–H and O–H groups in total. The third kappa shape index (κ3) is 4.27. The zero-order valence-corrected chi connectivity index (χ0v) is 12.8. The molecule has 0 spiro atoms. The third-order valence-electron chi connectivity index (χ3n) is 2.30. The predicted molar refractivity (Wildman–Crippen MR) is 75.6 cm³/mol. The van der Waals surface area contributed by atoms with Crippen LogP contribution in [0.3, 0.4) is 0 Å². The molecular formula is C12H12ClN3O4S. The van der Waals surface area contributed by atoms with Crippen molar-refractivity contribution in [1.82, 2.24) is 15.0 Å². The van der Waals surface area contributed by atoms with Crippen LogP contribution in [-0.2, 0) is 9.84 Å². The van der Waals surface area contributed by atoms with Crippen LogP contribution in [0.5, 0.6) is 17.8 Å². The maximum atomic E-state index is 11.4. The fraction of sp³-hybridized carbons (Fsp3) is 0.250. The molecule has 0 amide bonds. The molecule has 0 atom stereocenters. The van der Waals surface area contributed by atoms with E-state index in [0.717, 1.165) is 6.26 Å². The molecule has 7 nitrogen and oxygen atoms in total. The van der Waals surface area contributed by atoms with Crippen molar-refractivity contribution in [3.05, 3.63) is 29.5 Å². The van der Waals surface area contributed by atoms with Crippen molar-refractivity contribution in [3.63, 3.8) is 0 Å². The first-order valence-electron chi connectivity index (χ1n) is 5.91. The van der Waals surface area contributed by atoms with E-state index < -0.39 is 9.84 Å². The molecule has 0 saturated heterocycles. The van der Waals surface area contributed by atoms with E-state index in [-0.39, 0.29) is 22.2 Å². The van der Waals surface area contributed by atoms with Crippen LogP contribution in [0.25, 0.3) is 0 Å². The first kappa shape index (κ1) is 15.5. The van der Waals surface area contributed by atoms with Gasteiger partial charge in [0.05, 0.1) is 11.5 Å². The van der Waals surface area contributed by atoms with E-state index in [1.807, 2.05) is 0 Å². The van der Waals surface area contributed by atoms with Gasteiger partial charge in [0.2, 0.25) is 5.28 Å². The van der Waals surface area contributed by atoms with E-state index in [4.69, 9.17) is 21.1 Å². The smallest absolute Gasteiger partial charge is 0.329 e. The number of nitrogens with zero attached hydrogens (tertiary/aromatic N) is 3. The number of benzene rings is 1. The van der Waals surface area contributed by atoms with Crippen molar-refractivity contribution in [2.75, 3.05) is 12.9 Å². The normalized spacial score (nSPS) is 11.2. The first-order valence-corrected chi connectivity index (χ1v) is 8.18. The van der Waals surface area contributed by atoms with E-state index in [1.165, 1.54) is 24.3 Å². The Labute approximate surface area is 126 Å². The second-order valence-corrected chi connectivity index (χ2v) is 6.30. The lowest BCUT2D eigenvalue weighted by Gasteiger charge is -2.06. The van der Waals surface area contributed by atoms with Crippen molar-refractivity contribution in [2.24, 2.45) is 0 Å². The summed E-state index contributed by atoms with van der Waals surface area (Å²) in [6, 6.07) is 5.86. The SMILES string of the molecule is CCOc1nc(Cl)nc(Oc2ccc(S(C)(=O)=O)cc2)n1. The lowest BCUT2D eigenvalue weighted by Crippen LogP contribution is -2.01. The van der Waals surface area contributed by atoms with Gasteiger partial charge in [-0.2, -0.15) is 9.97 Å². The summed E-state index contributed by atoms with van der Waals surface area (Å²) < 4.78 is 33.2. The van der Waals surface area contributed by atoms with Crippen molar-refractivity contribution < 1.29 is 17.9 Å². The highest BCUT2D eigenvalue weighted by atomic mass is 35.5. The van der Waals surface area contributed by atoms with Crippen LogP contribution in [0.15, 0.2) is 29.2 Å². The van der Waals surface area contributed by atoms with E-state index >= 15 is 0 Å². The van der Waals surface area contributed by atoms with E-state index in [0.29, 0.717) is 12.4 Å². The van der Waals surface area contributed by atoms with Crippen molar-refractivity contribution in [1.29, 1.82) is 0 Å². The number of hydrogen-bond donors (Lipinski definition) is 0. The summed E-state index contributed by atoms with van der Waals surface area (Å²) in [5.74, 6) is 0.368. The highest BCUT2D eigenvalue weighted by Crippen LogP contribution is 2.22. The summed E-state index contributed by atoms with van der Waals surface area (Å²) in [7, 11) is -3.25. The Balaban J connectivity index is 2.22. The number of sulfone groups is 1. The molecule has 0 bridgehead atoms. The van der Waals surface area contributed by atoms with Crippen LogP contribution in [-0.4, -0.2) is 36.2 Å². The van der Waals surface area contributed by atoms with Crippen LogP contribution < -0.4 is 9.47 Å². The molecule has 0 aliphatic rings. The maximum absolute atomic E-state index is 11.4. The second kappa shape index (κ2) is 6.23. The number of hydrogen-bond acceptors (Lipinski definition) is 7. The van der Waals surface area contributed by atoms with Crippen LogP contribution in [0.4, 0.5) is 0 Å². The summed E-state index contributed by atoms with van der Waals surface area (Å²) in [6.45, 7) is 2.16. The molecule has 1 aromatic heterocycles. The average Bonchev–Trinajstić information content (AvgIpc) is 2.38. The average molecular weight is 330 g/mol. The molecule has 1 aromatic carbocycles. The lowest BCUT2D eigenvalue weighted by molar-refractivity contribution is 0.303. The molecule has 1 heterocycles. The van der Waals surface area contributed by atoms with Gasteiger partial charge in [0, 0.05) is 6.26 Å². The number of ether oxygens (including phenoxy) is 2. The van der Waals surface area contributed by atoms with Crippen LogP contribution in [0.1, 0.15) is 6.92 Å². The van der Waals surface area contributed by atoms with E-state index in [1.54, 1.807) is 6.92 Å². The molecule has 2 rings (SSSR count). The molecule has 0 aliphatic heterocycles. The minimum atomic E-state index is -3.25. The molecule has 0 saturated carbocycles. The Kier molecular flexibility index (Phi) is 4.59. The third-order valence-corrected chi connectivity index (χ3v) is 3.60. The fourth-order valence-corrected chi connectivity index (χ4v) is 2.19. The van der Waals surface area contributed by atoms with Gasteiger partial charge in [-0.25, -0.2) is 8.42 Å². The molecule has 112 valence electrons. The van der Waals surface area contributed by atoms with Crippen LogP contribution >= 0.6 is 11.6 Å². The molecule has 2 aromatic rings. The van der Waals surface area contributed by atoms with Gasteiger partial charge in [-0.15, -0.1) is 4.98 Å². The molecule has 21 heavy (non-hydrogen) atoms. The van der Waals surface area contributed by atoms with Gasteiger partial charge in [-0.05, 0) is 42.8 Å². The summed E-state index contributed by atoms with van der Waals surface area (Å²) in [4.78, 5) is 11.7. The molecule has 0 unspecified atom stereocenters. The van der Waals surface area contributed by atoms with Gasteiger partial charge in [0.25, 0.3) is 0 Å². The number of rotatable bonds is 5. The first-order chi connectivity index (χ1) is 9.88. The van der Waals surface area contributed by atoms with Gasteiger partial charge in [-0.3, -0.25) is 0 Å². The Hall–Kier alpha value is -1.93. The van der Waals surface area contributed by atoms with E-state index in [2.05, 4.69) is 15.0 Å². The summed E-state index contributed by atoms with van der Waals surface area (Å²) in [5, 5.41) is -0.0591. The Morgan fingerprint density at radius 1 is 1.10 bits per heavy atom.